The van der Waals surface area contributed by atoms with Crippen LogP contribution in [0.4, 0.5) is 20.4 Å². The summed E-state index contributed by atoms with van der Waals surface area (Å²) in [5, 5.41) is 1.14. The van der Waals surface area contributed by atoms with Gasteiger partial charge in [-0.2, -0.15) is 0 Å². The Hall–Kier alpha value is -3.12. The van der Waals surface area contributed by atoms with Crippen LogP contribution in [0, 0.1) is 11.6 Å². The first-order chi connectivity index (χ1) is 14.1. The number of halogens is 3. The minimum atomic E-state index is -0.948. The zero-order chi connectivity index (χ0) is 20.4. The SMILES string of the molecule is CCc1cnc2c(F)c(F)ccc2c1CN(c1cccc(Cl)c1)c1ncccn1. The minimum Gasteiger partial charge on any atom is -0.306 e. The van der Waals surface area contributed by atoms with E-state index in [4.69, 9.17) is 11.6 Å². The van der Waals surface area contributed by atoms with Gasteiger partial charge in [-0.25, -0.2) is 18.7 Å². The fourth-order valence-electron chi connectivity index (χ4n) is 3.30. The molecule has 0 atom stereocenters. The molecule has 0 N–H and O–H groups in total. The highest BCUT2D eigenvalue weighted by atomic mass is 35.5. The van der Waals surface area contributed by atoms with Crippen molar-refractivity contribution in [2.24, 2.45) is 0 Å². The predicted molar refractivity (Wildman–Crippen MR) is 110 cm³/mol. The molecule has 0 saturated carbocycles. The van der Waals surface area contributed by atoms with Gasteiger partial charge in [-0.15, -0.1) is 0 Å². The van der Waals surface area contributed by atoms with E-state index in [1.54, 1.807) is 36.8 Å². The Labute approximate surface area is 171 Å². The smallest absolute Gasteiger partial charge is 0.230 e. The molecule has 2 aromatic heterocycles. The molecule has 146 valence electrons. The molecule has 0 fully saturated rings. The zero-order valence-corrected chi connectivity index (χ0v) is 16.4. The van der Waals surface area contributed by atoms with Gasteiger partial charge in [0.2, 0.25) is 5.95 Å². The molecule has 4 rings (SSSR count). The summed E-state index contributed by atoms with van der Waals surface area (Å²) >= 11 is 6.20. The lowest BCUT2D eigenvalue weighted by atomic mass is 10.0. The molecule has 2 aromatic carbocycles. The first-order valence-electron chi connectivity index (χ1n) is 9.13. The van der Waals surface area contributed by atoms with Crippen LogP contribution in [0.15, 0.2) is 61.1 Å². The first kappa shape index (κ1) is 19.2. The lowest BCUT2D eigenvalue weighted by Crippen LogP contribution is -2.20. The van der Waals surface area contributed by atoms with Crippen molar-refractivity contribution >= 4 is 34.1 Å². The average Bonchev–Trinajstić information content (AvgIpc) is 2.75. The van der Waals surface area contributed by atoms with E-state index in [2.05, 4.69) is 15.0 Å². The van der Waals surface area contributed by atoms with Crippen molar-refractivity contribution in [3.8, 4) is 0 Å². The van der Waals surface area contributed by atoms with Crippen LogP contribution in [0.2, 0.25) is 5.02 Å². The summed E-state index contributed by atoms with van der Waals surface area (Å²) in [5.41, 5.74) is 2.57. The minimum absolute atomic E-state index is 0.0113. The molecule has 4 nitrogen and oxygen atoms in total. The number of nitrogens with zero attached hydrogens (tertiary/aromatic N) is 4. The molecule has 0 aliphatic rings. The fraction of sp³-hybridized carbons (Fsp3) is 0.136. The number of anilines is 2. The molecule has 4 aromatic rings. The van der Waals surface area contributed by atoms with Gasteiger partial charge in [0.25, 0.3) is 0 Å². The van der Waals surface area contributed by atoms with Gasteiger partial charge in [0.1, 0.15) is 5.52 Å². The number of fused-ring (bicyclic) bond motifs is 1. The summed E-state index contributed by atoms with van der Waals surface area (Å²) in [6.07, 6.45) is 5.60. The lowest BCUT2D eigenvalue weighted by molar-refractivity contribution is 0.515. The summed E-state index contributed by atoms with van der Waals surface area (Å²) in [6, 6.07) is 11.8. The van der Waals surface area contributed by atoms with E-state index in [0.717, 1.165) is 22.9 Å². The van der Waals surface area contributed by atoms with E-state index >= 15 is 0 Å². The topological polar surface area (TPSA) is 41.9 Å². The highest BCUT2D eigenvalue weighted by Crippen LogP contribution is 2.31. The Bertz CT molecular complexity index is 1170. The van der Waals surface area contributed by atoms with Crippen molar-refractivity contribution in [1.82, 2.24) is 15.0 Å². The van der Waals surface area contributed by atoms with Crippen molar-refractivity contribution in [1.29, 1.82) is 0 Å². The Morgan fingerprint density at radius 3 is 2.52 bits per heavy atom. The van der Waals surface area contributed by atoms with Gasteiger partial charge in [-0.05, 0) is 53.9 Å². The summed E-state index contributed by atoms with van der Waals surface area (Å²) in [5.74, 6) is -1.39. The largest absolute Gasteiger partial charge is 0.306 e. The molecular weight excluding hydrogens is 394 g/mol. The van der Waals surface area contributed by atoms with E-state index in [1.807, 2.05) is 30.0 Å². The highest BCUT2D eigenvalue weighted by molar-refractivity contribution is 6.30. The number of benzene rings is 2. The van der Waals surface area contributed by atoms with Crippen LogP contribution in [0.1, 0.15) is 18.1 Å². The van der Waals surface area contributed by atoms with Crippen LogP contribution in [0.3, 0.4) is 0 Å². The summed E-state index contributed by atoms with van der Waals surface area (Å²) in [4.78, 5) is 14.8. The van der Waals surface area contributed by atoms with E-state index in [9.17, 15) is 8.78 Å². The lowest BCUT2D eigenvalue weighted by Gasteiger charge is -2.25. The number of aromatic nitrogens is 3. The van der Waals surface area contributed by atoms with Crippen molar-refractivity contribution in [2.45, 2.75) is 19.9 Å². The molecule has 0 radical (unpaired) electrons. The van der Waals surface area contributed by atoms with Crippen LogP contribution >= 0.6 is 11.6 Å². The summed E-state index contributed by atoms with van der Waals surface area (Å²) < 4.78 is 28.1. The second-order valence-electron chi connectivity index (χ2n) is 6.49. The second-order valence-corrected chi connectivity index (χ2v) is 6.92. The summed E-state index contributed by atoms with van der Waals surface area (Å²) in [7, 11) is 0. The maximum atomic E-state index is 14.4. The van der Waals surface area contributed by atoms with Gasteiger partial charge >= 0.3 is 0 Å². The third-order valence-corrected chi connectivity index (χ3v) is 4.98. The average molecular weight is 411 g/mol. The van der Waals surface area contributed by atoms with E-state index in [-0.39, 0.29) is 5.52 Å². The van der Waals surface area contributed by atoms with Crippen LogP contribution < -0.4 is 4.90 Å². The standard InChI is InChI=1S/C22H17ClF2N4/c1-2-14-12-28-21-17(7-8-19(24)20(21)25)18(14)13-29(22-26-9-4-10-27-22)16-6-3-5-15(23)11-16/h3-12H,2,13H2,1H3. The molecule has 0 bridgehead atoms. The number of aryl methyl sites for hydroxylation is 1. The maximum absolute atomic E-state index is 14.4. The Balaban J connectivity index is 1.90. The summed E-state index contributed by atoms with van der Waals surface area (Å²) in [6.45, 7) is 2.34. The van der Waals surface area contributed by atoms with Crippen molar-refractivity contribution < 1.29 is 8.78 Å². The number of rotatable bonds is 5. The number of pyridine rings is 1. The second kappa shape index (κ2) is 8.09. The third kappa shape index (κ3) is 3.76. The van der Waals surface area contributed by atoms with Crippen molar-refractivity contribution in [3.63, 3.8) is 0 Å². The molecule has 0 unspecified atom stereocenters. The normalized spacial score (nSPS) is 11.0. The Morgan fingerprint density at radius 2 is 1.79 bits per heavy atom. The van der Waals surface area contributed by atoms with Gasteiger partial charge < -0.3 is 4.90 Å². The van der Waals surface area contributed by atoms with E-state index in [1.165, 1.54) is 0 Å². The molecule has 0 aliphatic heterocycles. The van der Waals surface area contributed by atoms with Gasteiger partial charge in [-0.1, -0.05) is 24.6 Å². The predicted octanol–water partition coefficient (Wildman–Crippen LogP) is 5.86. The van der Waals surface area contributed by atoms with Crippen molar-refractivity contribution in [3.05, 3.63) is 88.8 Å². The van der Waals surface area contributed by atoms with Gasteiger partial charge in [0, 0.05) is 34.7 Å². The molecular formula is C22H17ClF2N4. The fourth-order valence-corrected chi connectivity index (χ4v) is 3.49. The van der Waals surface area contributed by atoms with Gasteiger partial charge in [-0.3, -0.25) is 4.98 Å². The third-order valence-electron chi connectivity index (χ3n) is 4.74. The van der Waals surface area contributed by atoms with Crippen molar-refractivity contribution in [2.75, 3.05) is 4.90 Å². The quantitative estimate of drug-likeness (QED) is 0.413. The molecule has 0 spiro atoms. The molecule has 0 amide bonds. The Kier molecular flexibility index (Phi) is 5.36. The number of hydrogen-bond donors (Lipinski definition) is 0. The van der Waals surface area contributed by atoms with Crippen LogP contribution in [0.5, 0.6) is 0 Å². The van der Waals surface area contributed by atoms with Gasteiger partial charge in [0.15, 0.2) is 11.6 Å². The Morgan fingerprint density at radius 1 is 1.00 bits per heavy atom. The zero-order valence-electron chi connectivity index (χ0n) is 15.6. The molecule has 0 aliphatic carbocycles. The van der Waals surface area contributed by atoms with Gasteiger partial charge in [0.05, 0.1) is 6.54 Å². The van der Waals surface area contributed by atoms with E-state index < -0.39 is 11.6 Å². The first-order valence-corrected chi connectivity index (χ1v) is 9.51. The van der Waals surface area contributed by atoms with Crippen LogP contribution in [0.25, 0.3) is 10.9 Å². The van der Waals surface area contributed by atoms with Crippen LogP contribution in [-0.4, -0.2) is 15.0 Å². The monoisotopic (exact) mass is 410 g/mol. The van der Waals surface area contributed by atoms with Crippen LogP contribution in [-0.2, 0) is 13.0 Å². The van der Waals surface area contributed by atoms with E-state index in [0.29, 0.717) is 29.3 Å². The molecule has 2 heterocycles. The molecule has 7 heteroatoms. The molecule has 0 saturated heterocycles. The number of hydrogen-bond acceptors (Lipinski definition) is 4. The molecule has 29 heavy (non-hydrogen) atoms. The maximum Gasteiger partial charge on any atom is 0.230 e. The highest BCUT2D eigenvalue weighted by Gasteiger charge is 2.19.